The van der Waals surface area contributed by atoms with Gasteiger partial charge in [0.15, 0.2) is 5.60 Å². The van der Waals surface area contributed by atoms with Crippen molar-refractivity contribution >= 4 is 46.0 Å². The van der Waals surface area contributed by atoms with Crippen LogP contribution in [0.2, 0.25) is 0 Å². The molecule has 0 bridgehead atoms. The summed E-state index contributed by atoms with van der Waals surface area (Å²) < 4.78 is 4.73. The van der Waals surface area contributed by atoms with Gasteiger partial charge in [0, 0.05) is 66.7 Å². The number of aromatic amines is 1. The first-order chi connectivity index (χ1) is 24.1. The summed E-state index contributed by atoms with van der Waals surface area (Å²) >= 11 is 0. The van der Waals surface area contributed by atoms with E-state index in [0.29, 0.717) is 36.3 Å². The number of benzene rings is 3. The molecule has 1 aliphatic rings. The van der Waals surface area contributed by atoms with E-state index in [9.17, 15) is 29.4 Å². The highest BCUT2D eigenvalue weighted by atomic mass is 16.5. The fourth-order valence-electron chi connectivity index (χ4n) is 6.40. The van der Waals surface area contributed by atoms with Gasteiger partial charge in [-0.25, -0.2) is 0 Å². The van der Waals surface area contributed by atoms with E-state index in [0.717, 1.165) is 22.0 Å². The zero-order chi connectivity index (χ0) is 35.7. The lowest BCUT2D eigenvalue weighted by Crippen LogP contribution is -2.44. The van der Waals surface area contributed by atoms with Gasteiger partial charge in [0.1, 0.15) is 0 Å². The zero-order valence-electron chi connectivity index (χ0n) is 28.4. The summed E-state index contributed by atoms with van der Waals surface area (Å²) in [5.74, 6) is -2.07. The number of hydrogen-bond acceptors (Lipinski definition) is 7. The van der Waals surface area contributed by atoms with Gasteiger partial charge in [0.25, 0.3) is 5.91 Å². The van der Waals surface area contributed by atoms with Crippen LogP contribution in [0.3, 0.4) is 0 Å². The molecule has 11 nitrogen and oxygen atoms in total. The summed E-state index contributed by atoms with van der Waals surface area (Å²) in [6.07, 6.45) is 6.45. The first-order valence-electron chi connectivity index (χ1n) is 16.9. The second-order valence-corrected chi connectivity index (χ2v) is 12.5. The Bertz CT molecular complexity index is 1850. The van der Waals surface area contributed by atoms with Gasteiger partial charge in [-0.1, -0.05) is 67.6 Å². The van der Waals surface area contributed by atoms with Crippen molar-refractivity contribution in [2.45, 2.75) is 51.2 Å². The summed E-state index contributed by atoms with van der Waals surface area (Å²) in [4.78, 5) is 58.2. The largest absolute Gasteiger partial charge is 0.469 e. The third-order valence-corrected chi connectivity index (χ3v) is 9.13. The van der Waals surface area contributed by atoms with Crippen molar-refractivity contribution in [1.29, 1.82) is 0 Å². The first kappa shape index (κ1) is 36.0. The van der Waals surface area contributed by atoms with E-state index in [4.69, 9.17) is 4.74 Å². The number of rotatable bonds is 16. The molecule has 5 rings (SSSR count). The molecule has 0 saturated heterocycles. The lowest BCUT2D eigenvalue weighted by molar-refractivity contribution is -0.140. The Morgan fingerprint density at radius 1 is 1.06 bits per heavy atom. The van der Waals surface area contributed by atoms with Gasteiger partial charge in [0.2, 0.25) is 11.8 Å². The summed E-state index contributed by atoms with van der Waals surface area (Å²) in [6, 6.07) is 22.3. The molecular formula is C39H44N4O7. The number of ether oxygens (including phenoxy) is 1. The Morgan fingerprint density at radius 3 is 2.58 bits per heavy atom. The molecule has 0 aliphatic carbocycles. The number of H-pyrrole nitrogens is 1. The molecule has 2 atom stereocenters. The predicted molar refractivity (Wildman–Crippen MR) is 191 cm³/mol. The fourth-order valence-corrected chi connectivity index (χ4v) is 6.40. The summed E-state index contributed by atoms with van der Waals surface area (Å²) in [6.45, 7) is 2.31. The van der Waals surface area contributed by atoms with Gasteiger partial charge in [-0.3, -0.25) is 19.2 Å². The van der Waals surface area contributed by atoms with Crippen LogP contribution in [0.4, 0.5) is 11.4 Å². The normalized spacial score (nSPS) is 16.1. The van der Waals surface area contributed by atoms with E-state index in [-0.39, 0.29) is 56.7 Å². The molecule has 0 saturated carbocycles. The molecule has 4 aromatic rings. The number of aromatic nitrogens is 1. The summed E-state index contributed by atoms with van der Waals surface area (Å²) in [7, 11) is 1.33. The van der Waals surface area contributed by atoms with Gasteiger partial charge in [-0.05, 0) is 48.2 Å². The Balaban J connectivity index is 1.34. The van der Waals surface area contributed by atoms with Crippen LogP contribution < -0.4 is 10.2 Å². The number of unbranched alkanes of at least 4 members (excludes halogenated alkanes) is 1. The lowest BCUT2D eigenvalue weighted by Gasteiger charge is -2.28. The smallest absolute Gasteiger partial charge is 0.305 e. The van der Waals surface area contributed by atoms with Gasteiger partial charge in [-0.2, -0.15) is 0 Å². The Hall–Kier alpha value is -5.26. The highest BCUT2D eigenvalue weighted by molar-refractivity contribution is 6.08. The standard InChI is InChI=1S/C39H44N4O7/c1-27(11-10-16-36(46)42(21-22-44)26-28-12-4-3-5-13-28)39(49)32-24-30(41-35(45)23-29-25-40-33-15-7-6-14-31(29)33)18-19-34(32)43(38(39)48)20-9-8-17-37(47)50-2/h3-7,10-15,18-19,24-25,27,40,44,49H,8-9,16-17,20-23,26H2,1-2H3,(H,41,45)/b11-10+/t27-,39+/m1/s1. The molecule has 2 heterocycles. The molecule has 1 aliphatic heterocycles. The van der Waals surface area contributed by atoms with E-state index in [2.05, 4.69) is 10.3 Å². The predicted octanol–water partition coefficient (Wildman–Crippen LogP) is 4.83. The van der Waals surface area contributed by atoms with Crippen LogP contribution in [0.25, 0.3) is 10.9 Å². The van der Waals surface area contributed by atoms with Crippen molar-refractivity contribution in [3.8, 4) is 0 Å². The number of aliphatic hydroxyl groups is 2. The SMILES string of the molecule is COC(=O)CCCCN1C(=O)[C@](O)([C@H](C)/C=C/CC(=O)N(CCO)Cc2ccccc2)c2cc(NC(=O)Cc3c[nH]c4ccccc34)ccc21. The van der Waals surface area contributed by atoms with Crippen LogP contribution >= 0.6 is 0 Å². The number of carbonyl (C=O) groups excluding carboxylic acids is 4. The minimum atomic E-state index is -1.98. The molecule has 11 heteroatoms. The van der Waals surface area contributed by atoms with Crippen LogP contribution in [-0.4, -0.2) is 70.6 Å². The molecule has 0 radical (unpaired) electrons. The number of fused-ring (bicyclic) bond motifs is 2. The number of nitrogens with zero attached hydrogens (tertiary/aromatic N) is 2. The van der Waals surface area contributed by atoms with E-state index in [1.165, 1.54) is 12.0 Å². The number of amides is 3. The number of hydrogen-bond donors (Lipinski definition) is 4. The number of esters is 1. The Morgan fingerprint density at radius 2 is 1.82 bits per heavy atom. The van der Waals surface area contributed by atoms with Crippen LogP contribution in [0, 0.1) is 5.92 Å². The maximum atomic E-state index is 14.0. The summed E-state index contributed by atoms with van der Waals surface area (Å²) in [5.41, 5.74) is 2.02. The molecule has 0 unspecified atom stereocenters. The molecule has 3 aromatic carbocycles. The first-order valence-corrected chi connectivity index (χ1v) is 16.9. The third-order valence-electron chi connectivity index (χ3n) is 9.13. The fraction of sp³-hybridized carbons (Fsp3) is 0.333. The van der Waals surface area contributed by atoms with Gasteiger partial charge < -0.3 is 35.1 Å². The van der Waals surface area contributed by atoms with Crippen molar-refractivity contribution in [3.63, 3.8) is 0 Å². The quantitative estimate of drug-likeness (QED) is 0.0752. The van der Waals surface area contributed by atoms with Crippen LogP contribution in [0.1, 0.15) is 49.3 Å². The Labute approximate surface area is 291 Å². The molecule has 50 heavy (non-hydrogen) atoms. The van der Waals surface area contributed by atoms with Crippen LogP contribution in [-0.2, 0) is 42.5 Å². The average molecular weight is 681 g/mol. The maximum Gasteiger partial charge on any atom is 0.305 e. The van der Waals surface area contributed by atoms with Crippen molar-refractivity contribution in [1.82, 2.24) is 9.88 Å². The van der Waals surface area contributed by atoms with Gasteiger partial charge >= 0.3 is 5.97 Å². The molecular weight excluding hydrogens is 636 g/mol. The maximum absolute atomic E-state index is 14.0. The topological polar surface area (TPSA) is 152 Å². The minimum Gasteiger partial charge on any atom is -0.469 e. The number of anilines is 2. The van der Waals surface area contributed by atoms with E-state index in [1.54, 1.807) is 42.2 Å². The molecule has 0 fully saturated rings. The number of aliphatic hydroxyl groups excluding tert-OH is 1. The zero-order valence-corrected chi connectivity index (χ0v) is 28.4. The lowest BCUT2D eigenvalue weighted by atomic mass is 9.82. The van der Waals surface area contributed by atoms with E-state index < -0.39 is 17.4 Å². The van der Waals surface area contributed by atoms with Crippen LogP contribution in [0.15, 0.2) is 91.1 Å². The number of methoxy groups -OCH3 is 1. The van der Waals surface area contributed by atoms with E-state index in [1.807, 2.05) is 60.8 Å². The third kappa shape index (κ3) is 8.12. The second-order valence-electron chi connectivity index (χ2n) is 12.5. The van der Waals surface area contributed by atoms with Crippen LogP contribution in [0.5, 0.6) is 0 Å². The number of nitrogens with one attached hydrogen (secondary N) is 2. The highest BCUT2D eigenvalue weighted by Crippen LogP contribution is 2.46. The van der Waals surface area contributed by atoms with Crippen molar-refractivity contribution < 1.29 is 34.1 Å². The average Bonchev–Trinajstić information content (AvgIpc) is 3.62. The van der Waals surface area contributed by atoms with Gasteiger partial charge in [-0.15, -0.1) is 0 Å². The van der Waals surface area contributed by atoms with Gasteiger partial charge in [0.05, 0.1) is 25.8 Å². The second kappa shape index (κ2) is 16.4. The number of para-hydroxylation sites is 1. The molecule has 4 N–H and O–H groups in total. The van der Waals surface area contributed by atoms with Crippen molar-refractivity contribution in [2.75, 3.05) is 37.0 Å². The molecule has 1 aromatic heterocycles. The van der Waals surface area contributed by atoms with E-state index >= 15 is 0 Å². The van der Waals surface area contributed by atoms with Crippen molar-refractivity contribution in [3.05, 3.63) is 108 Å². The Kier molecular flexibility index (Phi) is 11.8. The monoisotopic (exact) mass is 680 g/mol. The molecule has 0 spiro atoms. The minimum absolute atomic E-state index is 0.00940. The number of carbonyl (C=O) groups is 4. The molecule has 262 valence electrons. The highest BCUT2D eigenvalue weighted by Gasteiger charge is 2.52. The van der Waals surface area contributed by atoms with Crippen molar-refractivity contribution in [2.24, 2.45) is 5.92 Å². The summed E-state index contributed by atoms with van der Waals surface area (Å²) in [5, 5.41) is 25.7. The molecule has 3 amide bonds.